The Bertz CT molecular complexity index is 937. The number of rotatable bonds is 12. The second-order valence-corrected chi connectivity index (χ2v) is 9.00. The zero-order valence-corrected chi connectivity index (χ0v) is 20.6. The molecule has 1 aromatic heterocycles. The molecule has 5 nitrogen and oxygen atoms in total. The number of halogens is 3. The van der Waals surface area contributed by atoms with Crippen LogP contribution in [0.15, 0.2) is 42.6 Å². The number of nitrogens with zero attached hydrogens (tertiary/aromatic N) is 3. The summed E-state index contributed by atoms with van der Waals surface area (Å²) < 4.78 is 41.1. The van der Waals surface area contributed by atoms with Gasteiger partial charge >= 0.3 is 6.18 Å². The Balaban J connectivity index is 2.16. The molecule has 2 aromatic rings. The number of carbonyl (C=O) groups is 2. The van der Waals surface area contributed by atoms with Gasteiger partial charge in [-0.1, -0.05) is 39.3 Å². The van der Waals surface area contributed by atoms with Crippen LogP contribution in [-0.2, 0) is 28.9 Å². The van der Waals surface area contributed by atoms with Crippen LogP contribution in [0.25, 0.3) is 0 Å². The lowest BCUT2D eigenvalue weighted by Gasteiger charge is -2.28. The second-order valence-electron chi connectivity index (χ2n) is 9.00. The highest BCUT2D eigenvalue weighted by Gasteiger charge is 2.30. The van der Waals surface area contributed by atoms with Gasteiger partial charge in [-0.05, 0) is 49.1 Å². The number of hydrogen-bond acceptors (Lipinski definition) is 2. The van der Waals surface area contributed by atoms with E-state index in [2.05, 4.69) is 0 Å². The average molecular weight is 480 g/mol. The largest absolute Gasteiger partial charge is 0.416 e. The van der Waals surface area contributed by atoms with Crippen LogP contribution in [0.2, 0.25) is 0 Å². The van der Waals surface area contributed by atoms with Crippen LogP contribution in [-0.4, -0.2) is 45.8 Å². The standard InChI is InChI=1S/C26H36F3N3O2/c1-5-7-13-32(25(34)19-30(6-2)24(33)15-20(3)4)18-23-12-9-14-31(23)17-21-10-8-11-22(16-21)26(27,28)29/h8-12,14,16,20H,5-7,13,15,17-19H2,1-4H3. The van der Waals surface area contributed by atoms with E-state index >= 15 is 0 Å². The van der Waals surface area contributed by atoms with E-state index in [-0.39, 0.29) is 30.8 Å². The Hall–Kier alpha value is -2.77. The lowest BCUT2D eigenvalue weighted by Crippen LogP contribution is -2.43. The Kier molecular flexibility index (Phi) is 10.2. The number of aromatic nitrogens is 1. The van der Waals surface area contributed by atoms with E-state index < -0.39 is 11.7 Å². The van der Waals surface area contributed by atoms with E-state index in [1.54, 1.807) is 15.9 Å². The van der Waals surface area contributed by atoms with Gasteiger partial charge in [0.2, 0.25) is 11.8 Å². The van der Waals surface area contributed by atoms with Gasteiger partial charge in [0.25, 0.3) is 0 Å². The molecule has 0 bridgehead atoms. The molecule has 0 spiro atoms. The van der Waals surface area contributed by atoms with Gasteiger partial charge in [0.05, 0.1) is 18.7 Å². The molecular weight excluding hydrogens is 443 g/mol. The Labute approximate surface area is 200 Å². The fourth-order valence-electron chi connectivity index (χ4n) is 3.74. The summed E-state index contributed by atoms with van der Waals surface area (Å²) in [5.74, 6) is 0.0559. The van der Waals surface area contributed by atoms with Gasteiger partial charge in [-0.15, -0.1) is 0 Å². The molecule has 0 aliphatic heterocycles. The first-order valence-corrected chi connectivity index (χ1v) is 11.9. The predicted octanol–water partition coefficient (Wildman–Crippen LogP) is 5.58. The summed E-state index contributed by atoms with van der Waals surface area (Å²) >= 11 is 0. The molecular formula is C26H36F3N3O2. The van der Waals surface area contributed by atoms with Crippen LogP contribution in [0.4, 0.5) is 13.2 Å². The quantitative estimate of drug-likeness (QED) is 0.399. The first kappa shape index (κ1) is 27.5. The summed E-state index contributed by atoms with van der Waals surface area (Å²) in [5, 5.41) is 0. The SMILES string of the molecule is CCCCN(Cc1cccn1Cc1cccc(C(F)(F)F)c1)C(=O)CN(CC)C(=O)CC(C)C. The maximum atomic E-state index is 13.2. The van der Waals surface area contributed by atoms with Gasteiger partial charge in [-0.2, -0.15) is 13.2 Å². The van der Waals surface area contributed by atoms with Crippen molar-refractivity contribution in [3.8, 4) is 0 Å². The highest BCUT2D eigenvalue weighted by molar-refractivity contribution is 5.84. The van der Waals surface area contributed by atoms with Crippen LogP contribution in [0.5, 0.6) is 0 Å². The van der Waals surface area contributed by atoms with Gasteiger partial charge in [-0.25, -0.2) is 0 Å². The van der Waals surface area contributed by atoms with Gasteiger partial charge in [0.1, 0.15) is 0 Å². The van der Waals surface area contributed by atoms with Crippen molar-refractivity contribution in [1.82, 2.24) is 14.4 Å². The fourth-order valence-corrected chi connectivity index (χ4v) is 3.74. The molecule has 2 rings (SSSR count). The van der Waals surface area contributed by atoms with Gasteiger partial charge in [0, 0.05) is 37.9 Å². The summed E-state index contributed by atoms with van der Waals surface area (Å²) in [6, 6.07) is 9.00. The Morgan fingerprint density at radius 2 is 1.76 bits per heavy atom. The minimum absolute atomic E-state index is 0.0279. The molecule has 34 heavy (non-hydrogen) atoms. The van der Waals surface area contributed by atoms with Crippen LogP contribution in [0.1, 0.15) is 63.8 Å². The zero-order chi connectivity index (χ0) is 25.3. The molecule has 1 heterocycles. The van der Waals surface area contributed by atoms with Crippen molar-refractivity contribution in [3.05, 3.63) is 59.4 Å². The topological polar surface area (TPSA) is 45.6 Å². The third kappa shape index (κ3) is 8.22. The Morgan fingerprint density at radius 3 is 2.38 bits per heavy atom. The van der Waals surface area contributed by atoms with Crippen LogP contribution >= 0.6 is 0 Å². The molecule has 0 saturated heterocycles. The summed E-state index contributed by atoms with van der Waals surface area (Å²) in [6.45, 7) is 9.51. The normalized spacial score (nSPS) is 11.6. The minimum atomic E-state index is -4.39. The molecule has 8 heteroatoms. The molecule has 0 radical (unpaired) electrons. The highest BCUT2D eigenvalue weighted by atomic mass is 19.4. The summed E-state index contributed by atoms with van der Waals surface area (Å²) in [4.78, 5) is 29.0. The number of unbranched alkanes of at least 4 members (excludes halogenated alkanes) is 1. The minimum Gasteiger partial charge on any atom is -0.345 e. The van der Waals surface area contributed by atoms with Crippen molar-refractivity contribution in [2.75, 3.05) is 19.6 Å². The third-order valence-electron chi connectivity index (χ3n) is 5.66. The van der Waals surface area contributed by atoms with Crippen molar-refractivity contribution < 1.29 is 22.8 Å². The van der Waals surface area contributed by atoms with Crippen LogP contribution < -0.4 is 0 Å². The van der Waals surface area contributed by atoms with E-state index in [4.69, 9.17) is 0 Å². The molecule has 188 valence electrons. The first-order chi connectivity index (χ1) is 16.0. The maximum absolute atomic E-state index is 13.2. The molecule has 0 N–H and O–H groups in total. The van der Waals surface area contributed by atoms with Crippen LogP contribution in [0, 0.1) is 5.92 Å². The smallest absolute Gasteiger partial charge is 0.345 e. The van der Waals surface area contributed by atoms with Gasteiger partial charge in [-0.3, -0.25) is 9.59 Å². The monoisotopic (exact) mass is 479 g/mol. The number of amides is 2. The second kappa shape index (κ2) is 12.6. The maximum Gasteiger partial charge on any atom is 0.416 e. The third-order valence-corrected chi connectivity index (χ3v) is 5.66. The fraction of sp³-hybridized carbons (Fsp3) is 0.538. The van der Waals surface area contributed by atoms with Crippen LogP contribution in [0.3, 0.4) is 0 Å². The molecule has 1 aromatic carbocycles. The average Bonchev–Trinajstić information content (AvgIpc) is 3.20. The summed E-state index contributed by atoms with van der Waals surface area (Å²) in [7, 11) is 0. The lowest BCUT2D eigenvalue weighted by molar-refractivity contribution is -0.141. The number of likely N-dealkylation sites (N-methyl/N-ethyl adjacent to an activating group) is 1. The van der Waals surface area contributed by atoms with Crippen molar-refractivity contribution in [2.45, 2.75) is 66.2 Å². The summed E-state index contributed by atoms with van der Waals surface area (Å²) in [6.07, 6.45) is -0.444. The van der Waals surface area contributed by atoms with E-state index in [1.807, 2.05) is 50.6 Å². The van der Waals surface area contributed by atoms with E-state index in [9.17, 15) is 22.8 Å². The number of benzene rings is 1. The predicted molar refractivity (Wildman–Crippen MR) is 127 cm³/mol. The zero-order valence-electron chi connectivity index (χ0n) is 20.6. The highest BCUT2D eigenvalue weighted by Crippen LogP contribution is 2.29. The van der Waals surface area contributed by atoms with Crippen molar-refractivity contribution in [1.29, 1.82) is 0 Å². The van der Waals surface area contributed by atoms with Crippen molar-refractivity contribution >= 4 is 11.8 Å². The molecule has 0 aliphatic carbocycles. The molecule has 0 saturated carbocycles. The first-order valence-electron chi connectivity index (χ1n) is 11.9. The molecule has 0 fully saturated rings. The van der Waals surface area contributed by atoms with Gasteiger partial charge in [0.15, 0.2) is 0 Å². The molecule has 0 aliphatic rings. The van der Waals surface area contributed by atoms with E-state index in [0.29, 0.717) is 31.6 Å². The lowest BCUT2D eigenvalue weighted by atomic mass is 10.1. The number of hydrogen-bond donors (Lipinski definition) is 0. The van der Waals surface area contributed by atoms with Gasteiger partial charge < -0.3 is 14.4 Å². The molecule has 2 amide bonds. The van der Waals surface area contributed by atoms with E-state index in [0.717, 1.165) is 30.7 Å². The van der Waals surface area contributed by atoms with Crippen molar-refractivity contribution in [3.63, 3.8) is 0 Å². The summed E-state index contributed by atoms with van der Waals surface area (Å²) in [5.41, 5.74) is 0.692. The Morgan fingerprint density at radius 1 is 1.03 bits per heavy atom. The number of alkyl halides is 3. The molecule has 0 unspecified atom stereocenters. The molecule has 0 atom stereocenters. The number of carbonyl (C=O) groups excluding carboxylic acids is 2. The van der Waals surface area contributed by atoms with E-state index in [1.165, 1.54) is 6.07 Å². The van der Waals surface area contributed by atoms with Crippen molar-refractivity contribution in [2.24, 2.45) is 5.92 Å².